The van der Waals surface area contributed by atoms with Gasteiger partial charge in [-0.2, -0.15) is 0 Å². The molecule has 1 atom stereocenters. The number of aryl methyl sites for hydroxylation is 1. The fourth-order valence-corrected chi connectivity index (χ4v) is 4.81. The molecule has 8 heteroatoms. The van der Waals surface area contributed by atoms with Crippen LogP contribution in [-0.2, 0) is 4.74 Å². The molecular weight excluding hydrogens is 400 g/mol. The van der Waals surface area contributed by atoms with Crippen molar-refractivity contribution in [3.63, 3.8) is 0 Å². The van der Waals surface area contributed by atoms with E-state index in [2.05, 4.69) is 10.4 Å². The number of nitrogens with one attached hydrogen (secondary N) is 2. The van der Waals surface area contributed by atoms with E-state index < -0.39 is 0 Å². The van der Waals surface area contributed by atoms with E-state index in [0.717, 1.165) is 42.2 Å². The van der Waals surface area contributed by atoms with Gasteiger partial charge in [0.05, 0.1) is 17.3 Å². The van der Waals surface area contributed by atoms with E-state index in [-0.39, 0.29) is 23.4 Å². The molecule has 30 heavy (non-hydrogen) atoms. The molecule has 4 heterocycles. The average Bonchev–Trinajstić information content (AvgIpc) is 3.30. The number of thiophene rings is 1. The van der Waals surface area contributed by atoms with Crippen LogP contribution >= 0.6 is 11.3 Å². The average molecular weight is 429 g/mol. The first-order chi connectivity index (χ1) is 14.3. The van der Waals surface area contributed by atoms with Crippen LogP contribution in [-0.4, -0.2) is 33.7 Å². The lowest BCUT2D eigenvalue weighted by molar-refractivity contribution is 0.0844. The van der Waals surface area contributed by atoms with E-state index in [0.29, 0.717) is 22.8 Å². The number of aromatic nitrogens is 3. The number of carbonyl (C=O) groups is 1. The number of rotatable bonds is 5. The third-order valence-electron chi connectivity index (χ3n) is 5.95. The predicted octanol–water partition coefficient (Wildman–Crippen LogP) is 3.72. The Hall–Kier alpha value is -2.45. The van der Waals surface area contributed by atoms with Gasteiger partial charge in [-0.3, -0.25) is 14.7 Å². The van der Waals surface area contributed by atoms with Crippen molar-refractivity contribution in [1.82, 2.24) is 19.9 Å². The molecular formula is C22H28N4O3S. The fourth-order valence-electron chi connectivity index (χ4n) is 3.94. The molecule has 160 valence electrons. The number of hydrogen-bond acceptors (Lipinski definition) is 5. The van der Waals surface area contributed by atoms with Crippen molar-refractivity contribution in [2.24, 2.45) is 5.92 Å². The van der Waals surface area contributed by atoms with Gasteiger partial charge in [0.1, 0.15) is 0 Å². The summed E-state index contributed by atoms with van der Waals surface area (Å²) in [6.07, 6.45) is 1.86. The van der Waals surface area contributed by atoms with Crippen molar-refractivity contribution < 1.29 is 9.53 Å². The third-order valence-corrected chi connectivity index (χ3v) is 6.97. The van der Waals surface area contributed by atoms with Crippen molar-refractivity contribution in [3.05, 3.63) is 55.3 Å². The van der Waals surface area contributed by atoms with Crippen LogP contribution in [0, 0.1) is 19.8 Å². The fraction of sp³-hybridized carbons (Fsp3) is 0.500. The van der Waals surface area contributed by atoms with Crippen LogP contribution in [0.1, 0.15) is 70.8 Å². The highest BCUT2D eigenvalue weighted by molar-refractivity contribution is 7.10. The molecule has 3 aromatic heterocycles. The Morgan fingerprint density at radius 3 is 2.67 bits per heavy atom. The van der Waals surface area contributed by atoms with Gasteiger partial charge < -0.3 is 10.1 Å². The van der Waals surface area contributed by atoms with Gasteiger partial charge in [-0.05, 0) is 38.2 Å². The maximum Gasteiger partial charge on any atom is 0.272 e. The van der Waals surface area contributed by atoms with Crippen molar-refractivity contribution in [1.29, 1.82) is 0 Å². The molecule has 4 rings (SSSR count). The van der Waals surface area contributed by atoms with E-state index in [4.69, 9.17) is 9.72 Å². The second kappa shape index (κ2) is 8.35. The number of amides is 1. The largest absolute Gasteiger partial charge is 0.381 e. The maximum absolute atomic E-state index is 12.9. The lowest BCUT2D eigenvalue weighted by Gasteiger charge is -2.22. The summed E-state index contributed by atoms with van der Waals surface area (Å²) in [5.41, 5.74) is 3.69. The van der Waals surface area contributed by atoms with Crippen LogP contribution in [0.25, 0.3) is 5.65 Å². The molecule has 7 nitrogen and oxygen atoms in total. The minimum Gasteiger partial charge on any atom is -0.381 e. The quantitative estimate of drug-likeness (QED) is 0.648. The Balaban J connectivity index is 1.65. The molecule has 3 aromatic rings. The van der Waals surface area contributed by atoms with Crippen LogP contribution in [0.5, 0.6) is 0 Å². The molecule has 0 bridgehead atoms. The highest BCUT2D eigenvalue weighted by atomic mass is 32.1. The van der Waals surface area contributed by atoms with E-state index in [1.54, 1.807) is 11.3 Å². The summed E-state index contributed by atoms with van der Waals surface area (Å²) in [4.78, 5) is 31.6. The molecule has 0 radical (unpaired) electrons. The van der Waals surface area contributed by atoms with Gasteiger partial charge in [0.15, 0.2) is 5.65 Å². The van der Waals surface area contributed by atoms with Crippen LogP contribution in [0.3, 0.4) is 0 Å². The second-order valence-corrected chi connectivity index (χ2v) is 9.42. The number of aromatic amines is 1. The molecule has 0 spiro atoms. The predicted molar refractivity (Wildman–Crippen MR) is 117 cm³/mol. The minimum atomic E-state index is -0.351. The van der Waals surface area contributed by atoms with E-state index in [9.17, 15) is 9.59 Å². The van der Waals surface area contributed by atoms with Gasteiger partial charge in [0, 0.05) is 47.2 Å². The molecule has 1 aliphatic rings. The molecule has 0 aliphatic carbocycles. The number of hydrogen-bond donors (Lipinski definition) is 2. The molecule has 1 saturated heterocycles. The SMILES string of the molecule is Cc1scc(C(=O)N[C@H](c2cc(=O)n3[nH]c(C4CCOCC4)cc3n2)C(C)C)c1C. The van der Waals surface area contributed by atoms with Crippen LogP contribution in [0.15, 0.2) is 22.3 Å². The summed E-state index contributed by atoms with van der Waals surface area (Å²) in [6.45, 7) is 9.47. The van der Waals surface area contributed by atoms with Gasteiger partial charge in [-0.25, -0.2) is 9.50 Å². The summed E-state index contributed by atoms with van der Waals surface area (Å²) in [5.74, 6) is 0.292. The standard InChI is InChI=1S/C22H28N4O3S/c1-12(2)21(24-22(28)16-11-30-14(4)13(16)3)18-10-20(27)26-19(23-18)9-17(25-26)15-5-7-29-8-6-15/h9-12,15,21,25H,5-8H2,1-4H3,(H,24,28)/t21-/m0/s1. The van der Waals surface area contributed by atoms with Crippen LogP contribution < -0.4 is 10.9 Å². The van der Waals surface area contributed by atoms with Gasteiger partial charge in [0.25, 0.3) is 11.5 Å². The first-order valence-electron chi connectivity index (χ1n) is 10.4. The topological polar surface area (TPSA) is 88.5 Å². The first-order valence-corrected chi connectivity index (χ1v) is 11.3. The van der Waals surface area contributed by atoms with Crippen molar-refractivity contribution in [2.45, 2.75) is 52.5 Å². The Morgan fingerprint density at radius 2 is 2.03 bits per heavy atom. The lowest BCUT2D eigenvalue weighted by Crippen LogP contribution is -2.33. The summed E-state index contributed by atoms with van der Waals surface area (Å²) < 4.78 is 6.93. The Labute approximate surface area is 179 Å². The highest BCUT2D eigenvalue weighted by Gasteiger charge is 2.24. The van der Waals surface area contributed by atoms with Gasteiger partial charge in [-0.1, -0.05) is 13.8 Å². The minimum absolute atomic E-state index is 0.0808. The zero-order chi connectivity index (χ0) is 21.4. The Bertz CT molecular complexity index is 1120. The van der Waals surface area contributed by atoms with E-state index >= 15 is 0 Å². The summed E-state index contributed by atoms with van der Waals surface area (Å²) >= 11 is 1.57. The van der Waals surface area contributed by atoms with E-state index in [1.807, 2.05) is 39.1 Å². The van der Waals surface area contributed by atoms with E-state index in [1.165, 1.54) is 10.6 Å². The maximum atomic E-state index is 12.9. The first kappa shape index (κ1) is 20.8. The second-order valence-electron chi connectivity index (χ2n) is 8.34. The molecule has 1 fully saturated rings. The number of fused-ring (bicyclic) bond motifs is 1. The van der Waals surface area contributed by atoms with Crippen LogP contribution in [0.4, 0.5) is 0 Å². The molecule has 2 N–H and O–H groups in total. The summed E-state index contributed by atoms with van der Waals surface area (Å²) in [6, 6.07) is 3.12. The number of carbonyl (C=O) groups excluding carboxylic acids is 1. The Morgan fingerprint density at radius 1 is 1.30 bits per heavy atom. The third kappa shape index (κ3) is 3.94. The van der Waals surface area contributed by atoms with Crippen molar-refractivity contribution in [3.8, 4) is 0 Å². The molecule has 1 aliphatic heterocycles. The number of ether oxygens (including phenoxy) is 1. The molecule has 1 amide bonds. The monoisotopic (exact) mass is 428 g/mol. The van der Waals surface area contributed by atoms with Crippen LogP contribution in [0.2, 0.25) is 0 Å². The zero-order valence-electron chi connectivity index (χ0n) is 17.8. The molecule has 0 unspecified atom stereocenters. The van der Waals surface area contributed by atoms with Gasteiger partial charge in [-0.15, -0.1) is 11.3 Å². The van der Waals surface area contributed by atoms with Gasteiger partial charge in [0.2, 0.25) is 0 Å². The normalized spacial score (nSPS) is 16.3. The lowest BCUT2D eigenvalue weighted by atomic mass is 9.97. The number of H-pyrrole nitrogens is 1. The molecule has 0 aromatic carbocycles. The highest BCUT2D eigenvalue weighted by Crippen LogP contribution is 2.27. The molecule has 0 saturated carbocycles. The number of nitrogens with zero attached hydrogens (tertiary/aromatic N) is 2. The smallest absolute Gasteiger partial charge is 0.272 e. The van der Waals surface area contributed by atoms with Gasteiger partial charge >= 0.3 is 0 Å². The zero-order valence-corrected chi connectivity index (χ0v) is 18.6. The summed E-state index contributed by atoms with van der Waals surface area (Å²) in [7, 11) is 0. The Kier molecular flexibility index (Phi) is 5.79. The van der Waals surface area contributed by atoms with Crippen molar-refractivity contribution in [2.75, 3.05) is 13.2 Å². The van der Waals surface area contributed by atoms with Crippen molar-refractivity contribution >= 4 is 22.9 Å². The summed E-state index contributed by atoms with van der Waals surface area (Å²) in [5, 5.41) is 8.19.